The van der Waals surface area contributed by atoms with Gasteiger partial charge in [0.1, 0.15) is 18.2 Å². The van der Waals surface area contributed by atoms with Crippen molar-refractivity contribution in [2.75, 3.05) is 12.4 Å². The third-order valence-corrected chi connectivity index (χ3v) is 2.62. The zero-order chi connectivity index (χ0) is 14.4. The number of ether oxygens (including phenoxy) is 2. The van der Waals surface area contributed by atoms with Crippen molar-refractivity contribution < 1.29 is 18.7 Å². The fourth-order valence-corrected chi connectivity index (χ4v) is 1.56. The minimum Gasteiger partial charge on any atom is -0.497 e. The molecule has 5 heteroatoms. The van der Waals surface area contributed by atoms with Gasteiger partial charge in [0.15, 0.2) is 0 Å². The highest BCUT2D eigenvalue weighted by Crippen LogP contribution is 2.13. The van der Waals surface area contributed by atoms with Crippen LogP contribution in [-0.4, -0.2) is 13.2 Å². The molecular weight excluding hydrogens is 261 g/mol. The Labute approximate surface area is 116 Å². The van der Waals surface area contributed by atoms with E-state index in [9.17, 15) is 9.18 Å². The van der Waals surface area contributed by atoms with E-state index >= 15 is 0 Å². The van der Waals surface area contributed by atoms with Gasteiger partial charge in [-0.1, -0.05) is 12.1 Å². The van der Waals surface area contributed by atoms with Crippen LogP contribution >= 0.6 is 0 Å². The van der Waals surface area contributed by atoms with E-state index in [1.165, 1.54) is 24.3 Å². The Hall–Kier alpha value is -2.56. The summed E-state index contributed by atoms with van der Waals surface area (Å²) >= 11 is 0. The van der Waals surface area contributed by atoms with E-state index in [0.29, 0.717) is 5.69 Å². The first-order chi connectivity index (χ1) is 9.67. The van der Waals surface area contributed by atoms with Gasteiger partial charge in [-0.05, 0) is 42.0 Å². The molecule has 0 unspecified atom stereocenters. The maximum atomic E-state index is 12.7. The summed E-state index contributed by atoms with van der Waals surface area (Å²) in [5, 5.41) is 2.51. The Balaban J connectivity index is 1.83. The Morgan fingerprint density at radius 3 is 2.35 bits per heavy atom. The first-order valence-corrected chi connectivity index (χ1v) is 5.99. The number of benzene rings is 2. The van der Waals surface area contributed by atoms with Gasteiger partial charge >= 0.3 is 6.09 Å². The van der Waals surface area contributed by atoms with Crippen molar-refractivity contribution in [1.82, 2.24) is 0 Å². The summed E-state index contributed by atoms with van der Waals surface area (Å²) in [5.74, 6) is 0.381. The van der Waals surface area contributed by atoms with Gasteiger partial charge in [0.2, 0.25) is 0 Å². The van der Waals surface area contributed by atoms with E-state index < -0.39 is 6.09 Å². The van der Waals surface area contributed by atoms with Gasteiger partial charge in [0.05, 0.1) is 7.11 Å². The van der Waals surface area contributed by atoms with E-state index in [0.717, 1.165) is 11.3 Å². The summed E-state index contributed by atoms with van der Waals surface area (Å²) in [7, 11) is 1.58. The van der Waals surface area contributed by atoms with Crippen molar-refractivity contribution in [2.24, 2.45) is 0 Å². The summed E-state index contributed by atoms with van der Waals surface area (Å²) in [6.07, 6.45) is -0.590. The fourth-order valence-electron chi connectivity index (χ4n) is 1.56. The molecule has 0 spiro atoms. The van der Waals surface area contributed by atoms with Gasteiger partial charge in [0, 0.05) is 5.69 Å². The van der Waals surface area contributed by atoms with Crippen LogP contribution in [-0.2, 0) is 11.3 Å². The van der Waals surface area contributed by atoms with Gasteiger partial charge < -0.3 is 9.47 Å². The molecule has 0 fully saturated rings. The molecule has 0 heterocycles. The monoisotopic (exact) mass is 275 g/mol. The van der Waals surface area contributed by atoms with Crippen molar-refractivity contribution in [3.05, 3.63) is 59.9 Å². The highest BCUT2D eigenvalue weighted by molar-refractivity contribution is 5.84. The van der Waals surface area contributed by atoms with Crippen LogP contribution in [0.25, 0.3) is 0 Å². The highest BCUT2D eigenvalue weighted by Gasteiger charge is 2.04. The molecule has 0 aromatic heterocycles. The Bertz CT molecular complexity index is 567. The molecule has 0 aliphatic heterocycles. The second-order valence-corrected chi connectivity index (χ2v) is 4.06. The van der Waals surface area contributed by atoms with Crippen LogP contribution in [0, 0.1) is 5.82 Å². The number of hydrogen-bond donors (Lipinski definition) is 1. The molecule has 0 saturated carbocycles. The van der Waals surface area contributed by atoms with Gasteiger partial charge in [0.25, 0.3) is 0 Å². The molecule has 2 aromatic carbocycles. The molecule has 0 atom stereocenters. The summed E-state index contributed by atoms with van der Waals surface area (Å²) in [6.45, 7) is 0.150. The zero-order valence-corrected chi connectivity index (χ0v) is 10.9. The average Bonchev–Trinajstić information content (AvgIpc) is 2.48. The molecule has 20 heavy (non-hydrogen) atoms. The molecule has 0 radical (unpaired) electrons. The topological polar surface area (TPSA) is 47.6 Å². The predicted molar refractivity (Wildman–Crippen MR) is 73.2 cm³/mol. The predicted octanol–water partition coefficient (Wildman–Crippen LogP) is 3.58. The first-order valence-electron chi connectivity index (χ1n) is 5.99. The lowest BCUT2D eigenvalue weighted by Gasteiger charge is -2.07. The molecule has 0 aliphatic rings. The van der Waals surface area contributed by atoms with Crippen molar-refractivity contribution in [3.8, 4) is 5.75 Å². The van der Waals surface area contributed by atoms with Crippen molar-refractivity contribution in [2.45, 2.75) is 6.61 Å². The molecule has 4 nitrogen and oxygen atoms in total. The maximum absolute atomic E-state index is 12.7. The van der Waals surface area contributed by atoms with Crippen LogP contribution in [0.3, 0.4) is 0 Å². The van der Waals surface area contributed by atoms with Crippen molar-refractivity contribution >= 4 is 11.8 Å². The second-order valence-electron chi connectivity index (χ2n) is 4.06. The van der Waals surface area contributed by atoms with Crippen LogP contribution in [0.4, 0.5) is 14.9 Å². The molecule has 104 valence electrons. The van der Waals surface area contributed by atoms with E-state index in [-0.39, 0.29) is 12.4 Å². The van der Waals surface area contributed by atoms with Gasteiger partial charge in [-0.25, -0.2) is 9.18 Å². The molecule has 1 N–H and O–H groups in total. The summed E-state index contributed by atoms with van der Waals surface area (Å²) in [4.78, 5) is 11.5. The number of methoxy groups -OCH3 is 1. The number of carbonyl (C=O) groups excluding carboxylic acids is 1. The van der Waals surface area contributed by atoms with E-state index in [4.69, 9.17) is 9.47 Å². The standard InChI is InChI=1S/C15H14FNO3/c1-19-14-8-2-11(3-9-14)10-20-15(18)17-13-6-4-12(16)5-7-13/h2-9H,10H2,1H3,(H,17,18). The van der Waals surface area contributed by atoms with Gasteiger partial charge in [-0.2, -0.15) is 0 Å². The molecule has 0 bridgehead atoms. The largest absolute Gasteiger partial charge is 0.497 e. The zero-order valence-electron chi connectivity index (χ0n) is 10.9. The highest BCUT2D eigenvalue weighted by atomic mass is 19.1. The number of amides is 1. The molecular formula is C15H14FNO3. The third kappa shape index (κ3) is 3.98. The lowest BCUT2D eigenvalue weighted by atomic mass is 10.2. The van der Waals surface area contributed by atoms with Gasteiger partial charge in [-0.15, -0.1) is 0 Å². The number of hydrogen-bond acceptors (Lipinski definition) is 3. The Morgan fingerprint density at radius 1 is 1.10 bits per heavy atom. The molecule has 1 amide bonds. The van der Waals surface area contributed by atoms with E-state index in [1.54, 1.807) is 19.2 Å². The maximum Gasteiger partial charge on any atom is 0.411 e. The van der Waals surface area contributed by atoms with Crippen LogP contribution in [0.2, 0.25) is 0 Å². The molecule has 0 saturated heterocycles. The molecule has 2 rings (SSSR count). The Kier molecular flexibility index (Phi) is 4.55. The van der Waals surface area contributed by atoms with Gasteiger partial charge in [-0.3, -0.25) is 5.32 Å². The minimum absolute atomic E-state index is 0.150. The number of rotatable bonds is 4. The molecule has 0 aliphatic carbocycles. The number of nitrogens with one attached hydrogen (secondary N) is 1. The minimum atomic E-state index is -0.590. The van der Waals surface area contributed by atoms with Crippen LogP contribution < -0.4 is 10.1 Å². The van der Waals surface area contributed by atoms with Crippen molar-refractivity contribution in [3.63, 3.8) is 0 Å². The Morgan fingerprint density at radius 2 is 1.75 bits per heavy atom. The lowest BCUT2D eigenvalue weighted by Crippen LogP contribution is -2.13. The first kappa shape index (κ1) is 13.9. The normalized spacial score (nSPS) is 9.90. The van der Waals surface area contributed by atoms with Crippen molar-refractivity contribution in [1.29, 1.82) is 0 Å². The third-order valence-electron chi connectivity index (χ3n) is 2.62. The quantitative estimate of drug-likeness (QED) is 0.927. The summed E-state index contributed by atoms with van der Waals surface area (Å²) < 4.78 is 22.8. The average molecular weight is 275 g/mol. The SMILES string of the molecule is COc1ccc(COC(=O)Nc2ccc(F)cc2)cc1. The van der Waals surface area contributed by atoms with E-state index in [1.807, 2.05) is 12.1 Å². The van der Waals surface area contributed by atoms with Crippen LogP contribution in [0.5, 0.6) is 5.75 Å². The van der Waals surface area contributed by atoms with Crippen LogP contribution in [0.1, 0.15) is 5.56 Å². The smallest absolute Gasteiger partial charge is 0.411 e. The number of carbonyl (C=O) groups is 1. The number of halogens is 1. The second kappa shape index (κ2) is 6.56. The number of anilines is 1. The summed E-state index contributed by atoms with van der Waals surface area (Å²) in [6, 6.07) is 12.6. The van der Waals surface area contributed by atoms with E-state index in [2.05, 4.69) is 5.32 Å². The molecule has 2 aromatic rings. The van der Waals surface area contributed by atoms with Crippen LogP contribution in [0.15, 0.2) is 48.5 Å². The summed E-state index contributed by atoms with van der Waals surface area (Å²) in [5.41, 5.74) is 1.33. The fraction of sp³-hybridized carbons (Fsp3) is 0.133. The lowest BCUT2D eigenvalue weighted by molar-refractivity contribution is 0.155.